The van der Waals surface area contributed by atoms with Gasteiger partial charge in [-0.1, -0.05) is 0 Å². The number of amides is 1. The third kappa shape index (κ3) is 2.82. The van der Waals surface area contributed by atoms with E-state index >= 15 is 0 Å². The van der Waals surface area contributed by atoms with E-state index in [0.717, 1.165) is 34.0 Å². The molecule has 5 nitrogen and oxygen atoms in total. The Kier molecular flexibility index (Phi) is 3.45. The molecule has 1 aromatic heterocycles. The minimum absolute atomic E-state index is 0.0813. The van der Waals surface area contributed by atoms with Crippen molar-refractivity contribution in [1.29, 1.82) is 0 Å². The van der Waals surface area contributed by atoms with Crippen molar-refractivity contribution in [3.05, 3.63) is 23.2 Å². The third-order valence-corrected chi connectivity index (χ3v) is 4.26. The minimum atomic E-state index is -0.198. The summed E-state index contributed by atoms with van der Waals surface area (Å²) in [6, 6.07) is 5.74. The molecule has 0 bridgehead atoms. The molecule has 2 aromatic rings. The number of carbonyl (C=O) groups excluding carboxylic acids is 1. The molecule has 0 saturated carbocycles. The first-order valence-electron chi connectivity index (χ1n) is 6.56. The first-order chi connectivity index (χ1) is 9.54. The molecule has 2 N–H and O–H groups in total. The first kappa shape index (κ1) is 13.5. The quantitative estimate of drug-likeness (QED) is 0.903. The molecule has 1 saturated heterocycles. The fourth-order valence-corrected chi connectivity index (χ4v) is 3.00. The average molecular weight is 291 g/mol. The molecule has 2 heterocycles. The maximum Gasteiger partial charge on any atom is 0.250 e. The van der Waals surface area contributed by atoms with Gasteiger partial charge in [0.15, 0.2) is 0 Å². The molecule has 3 rings (SSSR count). The fourth-order valence-electron chi connectivity index (χ4n) is 2.13. The predicted octanol–water partition coefficient (Wildman–Crippen LogP) is 1.92. The van der Waals surface area contributed by atoms with Crippen molar-refractivity contribution < 1.29 is 9.53 Å². The van der Waals surface area contributed by atoms with Crippen molar-refractivity contribution >= 4 is 33.1 Å². The molecule has 6 heteroatoms. The summed E-state index contributed by atoms with van der Waals surface area (Å²) in [5.74, 6) is -0.126. The molecule has 1 fully saturated rings. The summed E-state index contributed by atoms with van der Waals surface area (Å²) >= 11 is 1.62. The van der Waals surface area contributed by atoms with Gasteiger partial charge in [0.2, 0.25) is 5.91 Å². The number of nitrogens with zero attached hydrogens (tertiary/aromatic N) is 1. The fraction of sp³-hybridized carbons (Fsp3) is 0.429. The Morgan fingerprint density at radius 2 is 2.35 bits per heavy atom. The van der Waals surface area contributed by atoms with Gasteiger partial charge >= 0.3 is 0 Å². The molecule has 106 valence electrons. The lowest BCUT2D eigenvalue weighted by Gasteiger charge is -2.38. The monoisotopic (exact) mass is 291 g/mol. The van der Waals surface area contributed by atoms with E-state index < -0.39 is 0 Å². The zero-order valence-corrected chi connectivity index (χ0v) is 12.3. The molecule has 0 atom stereocenters. The van der Waals surface area contributed by atoms with Crippen LogP contribution in [0.25, 0.3) is 10.2 Å². The molecular formula is C14H17N3O2S. The van der Waals surface area contributed by atoms with Crippen molar-refractivity contribution in [1.82, 2.24) is 10.3 Å². The summed E-state index contributed by atoms with van der Waals surface area (Å²) in [7, 11) is 0. The van der Waals surface area contributed by atoms with Gasteiger partial charge in [-0.15, -0.1) is 11.3 Å². The second kappa shape index (κ2) is 5.12. The lowest BCUT2D eigenvalue weighted by molar-refractivity contribution is -0.130. The Bertz CT molecular complexity index is 649. The van der Waals surface area contributed by atoms with Gasteiger partial charge in [-0.2, -0.15) is 0 Å². The molecule has 0 radical (unpaired) electrons. The maximum absolute atomic E-state index is 11.9. The summed E-state index contributed by atoms with van der Waals surface area (Å²) in [5, 5.41) is 7.02. The van der Waals surface area contributed by atoms with Crippen LogP contribution in [-0.2, 0) is 9.53 Å². The second-order valence-corrected chi connectivity index (χ2v) is 6.54. The van der Waals surface area contributed by atoms with Crippen molar-refractivity contribution in [3.8, 4) is 0 Å². The largest absolute Gasteiger partial charge is 0.363 e. The summed E-state index contributed by atoms with van der Waals surface area (Å²) < 4.78 is 6.69. The molecule has 1 aromatic carbocycles. The van der Waals surface area contributed by atoms with Crippen molar-refractivity contribution in [2.24, 2.45) is 0 Å². The number of aromatic nitrogens is 1. The third-order valence-electron chi connectivity index (χ3n) is 3.33. The number of hydrogen-bond acceptors (Lipinski definition) is 5. The Morgan fingerprint density at radius 3 is 3.05 bits per heavy atom. The maximum atomic E-state index is 11.9. The Balaban J connectivity index is 1.61. The van der Waals surface area contributed by atoms with Gasteiger partial charge in [0.1, 0.15) is 6.61 Å². The van der Waals surface area contributed by atoms with E-state index in [1.807, 2.05) is 32.0 Å². The number of thiazole rings is 1. The lowest BCUT2D eigenvalue weighted by atomic mass is 10.0. The molecule has 0 aliphatic carbocycles. The highest BCUT2D eigenvalue weighted by atomic mass is 32.1. The number of ether oxygens (including phenoxy) is 1. The smallest absolute Gasteiger partial charge is 0.250 e. The lowest BCUT2D eigenvalue weighted by Crippen LogP contribution is -2.59. The summed E-state index contributed by atoms with van der Waals surface area (Å²) in [5.41, 5.74) is 1.55. The van der Waals surface area contributed by atoms with E-state index in [2.05, 4.69) is 15.6 Å². The Morgan fingerprint density at radius 1 is 1.55 bits per heavy atom. The molecule has 1 aliphatic heterocycles. The first-order valence-corrected chi connectivity index (χ1v) is 7.37. The van der Waals surface area contributed by atoms with Crippen LogP contribution >= 0.6 is 11.3 Å². The van der Waals surface area contributed by atoms with E-state index in [1.54, 1.807) is 11.3 Å². The second-order valence-electron chi connectivity index (χ2n) is 5.31. The van der Waals surface area contributed by atoms with Gasteiger partial charge in [0, 0.05) is 18.8 Å². The average Bonchev–Trinajstić information content (AvgIpc) is 2.73. The highest BCUT2D eigenvalue weighted by Gasteiger charge is 2.32. The standard InChI is InChI=1S/C14H17N3O2S/c1-9-16-11-4-3-10(5-12(11)20-9)17-13(18)6-19-14(2)7-15-8-14/h3-5,15H,6-8H2,1-2H3,(H,17,18). The summed E-state index contributed by atoms with van der Waals surface area (Å²) in [6.45, 7) is 5.66. The highest BCUT2D eigenvalue weighted by Crippen LogP contribution is 2.24. The zero-order chi connectivity index (χ0) is 14.2. The van der Waals surface area contributed by atoms with Crippen molar-refractivity contribution in [2.75, 3.05) is 25.0 Å². The van der Waals surface area contributed by atoms with E-state index in [0.29, 0.717) is 0 Å². The summed E-state index contributed by atoms with van der Waals surface area (Å²) in [4.78, 5) is 16.3. The van der Waals surface area contributed by atoms with Gasteiger partial charge in [-0.3, -0.25) is 4.79 Å². The van der Waals surface area contributed by atoms with Gasteiger partial charge in [0.05, 0.1) is 20.8 Å². The molecule has 1 aliphatic rings. The number of rotatable bonds is 4. The topological polar surface area (TPSA) is 63.2 Å². The van der Waals surface area contributed by atoms with Crippen LogP contribution in [0.15, 0.2) is 18.2 Å². The number of aryl methyl sites for hydroxylation is 1. The van der Waals surface area contributed by atoms with Crippen LogP contribution in [0.2, 0.25) is 0 Å². The molecule has 0 spiro atoms. The van der Waals surface area contributed by atoms with Gasteiger partial charge in [-0.05, 0) is 32.0 Å². The Hall–Kier alpha value is -1.50. The van der Waals surface area contributed by atoms with Crippen LogP contribution < -0.4 is 10.6 Å². The van der Waals surface area contributed by atoms with Crippen LogP contribution in [0.3, 0.4) is 0 Å². The van der Waals surface area contributed by atoms with Gasteiger partial charge in [-0.25, -0.2) is 4.98 Å². The molecule has 1 amide bonds. The molecular weight excluding hydrogens is 274 g/mol. The normalized spacial score (nSPS) is 16.9. The van der Waals surface area contributed by atoms with Crippen LogP contribution in [0, 0.1) is 6.92 Å². The SMILES string of the molecule is Cc1nc2ccc(NC(=O)COC3(C)CNC3)cc2s1. The number of hydrogen-bond donors (Lipinski definition) is 2. The molecule has 20 heavy (non-hydrogen) atoms. The van der Waals surface area contributed by atoms with Crippen LogP contribution in [0.5, 0.6) is 0 Å². The minimum Gasteiger partial charge on any atom is -0.363 e. The van der Waals surface area contributed by atoms with E-state index in [4.69, 9.17) is 4.74 Å². The zero-order valence-electron chi connectivity index (χ0n) is 11.5. The van der Waals surface area contributed by atoms with Crippen molar-refractivity contribution in [3.63, 3.8) is 0 Å². The van der Waals surface area contributed by atoms with Crippen LogP contribution in [0.1, 0.15) is 11.9 Å². The number of nitrogens with one attached hydrogen (secondary N) is 2. The Labute approximate surface area is 121 Å². The van der Waals surface area contributed by atoms with E-state index in [-0.39, 0.29) is 18.1 Å². The van der Waals surface area contributed by atoms with Crippen molar-refractivity contribution in [2.45, 2.75) is 19.4 Å². The number of anilines is 1. The van der Waals surface area contributed by atoms with E-state index in [9.17, 15) is 4.79 Å². The van der Waals surface area contributed by atoms with E-state index in [1.165, 1.54) is 0 Å². The van der Waals surface area contributed by atoms with Crippen LogP contribution in [-0.4, -0.2) is 36.2 Å². The van der Waals surface area contributed by atoms with Gasteiger partial charge in [0.25, 0.3) is 0 Å². The highest BCUT2D eigenvalue weighted by molar-refractivity contribution is 7.18. The number of carbonyl (C=O) groups is 1. The number of benzene rings is 1. The van der Waals surface area contributed by atoms with Crippen LogP contribution in [0.4, 0.5) is 5.69 Å². The summed E-state index contributed by atoms with van der Waals surface area (Å²) in [6.07, 6.45) is 0. The van der Waals surface area contributed by atoms with Gasteiger partial charge < -0.3 is 15.4 Å². The predicted molar refractivity (Wildman–Crippen MR) is 80.2 cm³/mol. The number of fused-ring (bicyclic) bond motifs is 1. The molecule has 0 unspecified atom stereocenters.